The average molecular weight is 393 g/mol. The Morgan fingerprint density at radius 3 is 2.76 bits per heavy atom. The summed E-state index contributed by atoms with van der Waals surface area (Å²) in [4.78, 5) is 16.6. The van der Waals surface area contributed by atoms with Gasteiger partial charge in [0.1, 0.15) is 5.75 Å². The molecule has 1 atom stereocenters. The molecule has 1 aromatic heterocycles. The van der Waals surface area contributed by atoms with E-state index in [1.54, 1.807) is 31.3 Å². The van der Waals surface area contributed by atoms with Gasteiger partial charge in [0.15, 0.2) is 0 Å². The highest BCUT2D eigenvalue weighted by Gasteiger charge is 2.35. The number of hydrogen-bond acceptors (Lipinski definition) is 6. The summed E-state index contributed by atoms with van der Waals surface area (Å²) in [5.41, 5.74) is 4.58. The minimum atomic E-state index is -0.998. The maximum Gasteiger partial charge on any atom is 0.333 e. The molecular weight excluding hydrogens is 370 g/mol. The van der Waals surface area contributed by atoms with Crippen LogP contribution in [0.1, 0.15) is 42.0 Å². The molecule has 7 nitrogen and oxygen atoms in total. The van der Waals surface area contributed by atoms with E-state index in [0.717, 1.165) is 22.4 Å². The number of methoxy groups -OCH3 is 1. The molecule has 2 heterocycles. The van der Waals surface area contributed by atoms with Crippen molar-refractivity contribution in [1.82, 2.24) is 4.98 Å². The zero-order chi connectivity index (χ0) is 21.1. The number of carboxylic acid groups (broad SMARTS) is 1. The van der Waals surface area contributed by atoms with Crippen molar-refractivity contribution in [1.29, 1.82) is 5.26 Å². The second kappa shape index (κ2) is 8.23. The Balaban J connectivity index is 2.20. The number of fused-ring (bicyclic) bond motifs is 1. The van der Waals surface area contributed by atoms with Crippen LogP contribution in [0.2, 0.25) is 0 Å². The van der Waals surface area contributed by atoms with Gasteiger partial charge in [0.05, 0.1) is 36.6 Å². The van der Waals surface area contributed by atoms with E-state index in [4.69, 9.17) is 14.7 Å². The zero-order valence-corrected chi connectivity index (χ0v) is 16.9. The zero-order valence-electron chi connectivity index (χ0n) is 16.9. The van der Waals surface area contributed by atoms with Gasteiger partial charge in [-0.05, 0) is 50.5 Å². The second-order valence-electron chi connectivity index (χ2n) is 6.83. The Morgan fingerprint density at radius 1 is 1.38 bits per heavy atom. The summed E-state index contributed by atoms with van der Waals surface area (Å²) >= 11 is 0. The van der Waals surface area contributed by atoms with Crippen molar-refractivity contribution in [2.45, 2.75) is 33.1 Å². The molecule has 0 spiro atoms. The molecular formula is C22H23N3O4. The van der Waals surface area contributed by atoms with Crippen molar-refractivity contribution in [3.8, 4) is 17.7 Å². The Hall–Kier alpha value is -3.53. The number of nitrogens with one attached hydrogen (secondary N) is 1. The van der Waals surface area contributed by atoms with Crippen LogP contribution in [-0.2, 0) is 11.2 Å². The molecule has 7 heteroatoms. The topological polar surface area (TPSA) is 104 Å². The Kier molecular flexibility index (Phi) is 5.74. The molecule has 0 amide bonds. The number of aliphatic carboxylic acids is 1. The van der Waals surface area contributed by atoms with Crippen LogP contribution in [0, 0.1) is 18.3 Å². The van der Waals surface area contributed by atoms with Crippen LogP contribution in [0.25, 0.3) is 0 Å². The number of pyridine rings is 1. The number of hydrogen-bond donors (Lipinski definition) is 2. The highest BCUT2D eigenvalue weighted by atomic mass is 16.5. The van der Waals surface area contributed by atoms with E-state index in [1.165, 1.54) is 7.11 Å². The first-order valence-corrected chi connectivity index (χ1v) is 9.31. The summed E-state index contributed by atoms with van der Waals surface area (Å²) in [6, 6.07) is 7.26. The average Bonchev–Trinajstić information content (AvgIpc) is 2.70. The van der Waals surface area contributed by atoms with Crippen molar-refractivity contribution in [3.05, 3.63) is 57.9 Å². The molecule has 2 N–H and O–H groups in total. The van der Waals surface area contributed by atoms with Crippen molar-refractivity contribution in [3.63, 3.8) is 0 Å². The first-order chi connectivity index (χ1) is 13.9. The third-order valence-electron chi connectivity index (χ3n) is 5.03. The number of allylic oxidation sites excluding steroid dienone is 1. The van der Waals surface area contributed by atoms with Gasteiger partial charge in [0.2, 0.25) is 5.88 Å². The summed E-state index contributed by atoms with van der Waals surface area (Å²) in [5.74, 6) is -0.517. The molecule has 1 aliphatic heterocycles. The lowest BCUT2D eigenvalue weighted by molar-refractivity contribution is -0.133. The lowest BCUT2D eigenvalue weighted by Gasteiger charge is -2.31. The first-order valence-electron chi connectivity index (χ1n) is 9.31. The number of rotatable bonds is 6. The predicted molar refractivity (Wildman–Crippen MR) is 108 cm³/mol. The minimum absolute atomic E-state index is 0.261. The number of anilines is 1. The number of carboxylic acids is 1. The number of nitriles is 1. The molecule has 150 valence electrons. The van der Waals surface area contributed by atoms with Gasteiger partial charge in [-0.1, -0.05) is 6.07 Å². The first kappa shape index (κ1) is 20.2. The van der Waals surface area contributed by atoms with Crippen LogP contribution in [0.4, 0.5) is 5.69 Å². The number of benzene rings is 1. The van der Waals surface area contributed by atoms with Crippen molar-refractivity contribution < 1.29 is 19.4 Å². The molecule has 0 fully saturated rings. The molecule has 1 aliphatic rings. The summed E-state index contributed by atoms with van der Waals surface area (Å²) in [7, 11) is 1.53. The standard InChI is InChI=1S/C22H23N3O4/c1-5-29-21-19-16(9-15-7-6-14(10-23)8-17(15)28-4)18(22(26)27)13(3)25-20(19)12(2)11-24-21/h6-8,11,16,25H,5,9H2,1-4H3,(H,26,27). The molecule has 0 radical (unpaired) electrons. The molecule has 0 saturated heterocycles. The fourth-order valence-corrected chi connectivity index (χ4v) is 3.73. The molecule has 1 unspecified atom stereocenters. The van der Waals surface area contributed by atoms with Gasteiger partial charge < -0.3 is 19.9 Å². The number of aromatic nitrogens is 1. The van der Waals surface area contributed by atoms with Gasteiger partial charge in [-0.3, -0.25) is 0 Å². The van der Waals surface area contributed by atoms with Crippen LogP contribution >= 0.6 is 0 Å². The largest absolute Gasteiger partial charge is 0.496 e. The summed E-state index contributed by atoms with van der Waals surface area (Å²) < 4.78 is 11.2. The van der Waals surface area contributed by atoms with Crippen molar-refractivity contribution in [2.75, 3.05) is 19.0 Å². The molecule has 1 aromatic carbocycles. The molecule has 29 heavy (non-hydrogen) atoms. The lowest BCUT2D eigenvalue weighted by Crippen LogP contribution is -2.25. The Morgan fingerprint density at radius 2 is 2.14 bits per heavy atom. The minimum Gasteiger partial charge on any atom is -0.496 e. The normalized spacial score (nSPS) is 15.2. The number of nitrogens with zero attached hydrogens (tertiary/aromatic N) is 2. The summed E-state index contributed by atoms with van der Waals surface area (Å²) in [6.07, 6.45) is 2.09. The van der Waals surface area contributed by atoms with Crippen LogP contribution < -0.4 is 14.8 Å². The third kappa shape index (κ3) is 3.74. The van der Waals surface area contributed by atoms with Crippen LogP contribution in [0.15, 0.2) is 35.7 Å². The fraction of sp³-hybridized carbons (Fsp3) is 0.318. The lowest BCUT2D eigenvalue weighted by atomic mass is 9.81. The molecule has 0 bridgehead atoms. The number of aryl methyl sites for hydroxylation is 1. The summed E-state index contributed by atoms with van der Waals surface area (Å²) in [6.45, 7) is 5.96. The van der Waals surface area contributed by atoms with Crippen molar-refractivity contribution >= 4 is 11.7 Å². The number of carbonyl (C=O) groups is 1. The monoisotopic (exact) mass is 393 g/mol. The Labute approximate surface area is 169 Å². The quantitative estimate of drug-likeness (QED) is 0.769. The highest BCUT2D eigenvalue weighted by molar-refractivity contribution is 5.93. The van der Waals surface area contributed by atoms with Gasteiger partial charge in [-0.25, -0.2) is 9.78 Å². The maximum absolute atomic E-state index is 12.2. The van der Waals surface area contributed by atoms with Gasteiger partial charge in [-0.15, -0.1) is 0 Å². The van der Waals surface area contributed by atoms with Gasteiger partial charge in [-0.2, -0.15) is 5.26 Å². The van der Waals surface area contributed by atoms with Crippen LogP contribution in [0.3, 0.4) is 0 Å². The molecule has 0 aliphatic carbocycles. The SMILES string of the molecule is CCOc1ncc(C)c2c1C(Cc1ccc(C#N)cc1OC)C(C(=O)O)=C(C)N2. The van der Waals surface area contributed by atoms with Gasteiger partial charge >= 0.3 is 5.97 Å². The van der Waals surface area contributed by atoms with E-state index in [-0.39, 0.29) is 5.57 Å². The molecule has 3 rings (SSSR count). The molecule has 2 aromatic rings. The fourth-order valence-electron chi connectivity index (χ4n) is 3.73. The van der Waals surface area contributed by atoms with E-state index in [9.17, 15) is 9.90 Å². The predicted octanol–water partition coefficient (Wildman–Crippen LogP) is 3.78. The Bertz CT molecular complexity index is 1040. The van der Waals surface area contributed by atoms with Crippen LogP contribution in [-0.4, -0.2) is 29.8 Å². The highest BCUT2D eigenvalue weighted by Crippen LogP contribution is 2.45. The van der Waals surface area contributed by atoms with E-state index in [2.05, 4.69) is 16.4 Å². The number of ether oxygens (including phenoxy) is 2. The van der Waals surface area contributed by atoms with E-state index in [1.807, 2.05) is 13.8 Å². The molecule has 0 saturated carbocycles. The van der Waals surface area contributed by atoms with Crippen LogP contribution in [0.5, 0.6) is 11.6 Å². The third-order valence-corrected chi connectivity index (χ3v) is 5.03. The second-order valence-corrected chi connectivity index (χ2v) is 6.83. The van der Waals surface area contributed by atoms with E-state index >= 15 is 0 Å². The van der Waals surface area contributed by atoms with E-state index in [0.29, 0.717) is 35.9 Å². The summed E-state index contributed by atoms with van der Waals surface area (Å²) in [5, 5.41) is 22.3. The van der Waals surface area contributed by atoms with Crippen molar-refractivity contribution in [2.24, 2.45) is 0 Å². The van der Waals surface area contributed by atoms with Gasteiger partial charge in [0.25, 0.3) is 0 Å². The maximum atomic E-state index is 12.2. The van der Waals surface area contributed by atoms with Gasteiger partial charge in [0, 0.05) is 23.4 Å². The van der Waals surface area contributed by atoms with E-state index < -0.39 is 11.9 Å². The smallest absolute Gasteiger partial charge is 0.333 e.